The number of aromatic amines is 1. The number of fused-ring (bicyclic) bond motifs is 1. The summed E-state index contributed by atoms with van der Waals surface area (Å²) in [6, 6.07) is 6.86. The SMILES string of the molecule is CSc1nc2c(-c3nccc(OCC(F)(F)C(F)F)c3C)cccc2[nH]1. The van der Waals surface area contributed by atoms with E-state index in [1.54, 1.807) is 13.0 Å². The topological polar surface area (TPSA) is 50.8 Å². The average Bonchev–Trinajstić information content (AvgIpc) is 3.04. The quantitative estimate of drug-likeness (QED) is 0.483. The van der Waals surface area contributed by atoms with Crippen molar-refractivity contribution in [1.29, 1.82) is 0 Å². The third kappa shape index (κ3) is 3.48. The number of nitrogens with zero attached hydrogens (tertiary/aromatic N) is 2. The Hall–Kier alpha value is -2.29. The highest BCUT2D eigenvalue weighted by atomic mass is 32.2. The van der Waals surface area contributed by atoms with Gasteiger partial charge in [-0.25, -0.2) is 13.8 Å². The minimum atomic E-state index is -4.22. The molecule has 26 heavy (non-hydrogen) atoms. The first kappa shape index (κ1) is 18.5. The minimum Gasteiger partial charge on any atom is -0.487 e. The van der Waals surface area contributed by atoms with E-state index in [1.807, 2.05) is 18.4 Å². The maximum atomic E-state index is 13.1. The lowest BCUT2D eigenvalue weighted by Crippen LogP contribution is -2.33. The molecule has 1 N–H and O–H groups in total. The highest BCUT2D eigenvalue weighted by molar-refractivity contribution is 7.98. The van der Waals surface area contributed by atoms with Gasteiger partial charge in [0.25, 0.3) is 0 Å². The molecule has 0 radical (unpaired) electrons. The summed E-state index contributed by atoms with van der Waals surface area (Å²) in [4.78, 5) is 11.9. The predicted molar refractivity (Wildman–Crippen MR) is 92.3 cm³/mol. The summed E-state index contributed by atoms with van der Waals surface area (Å²) in [5.74, 6) is -4.14. The molecule has 0 aliphatic carbocycles. The monoisotopic (exact) mass is 385 g/mol. The summed E-state index contributed by atoms with van der Waals surface area (Å²) in [6.07, 6.45) is -0.510. The van der Waals surface area contributed by atoms with Crippen molar-refractivity contribution < 1.29 is 22.3 Å². The Labute approximate surface area is 151 Å². The van der Waals surface area contributed by atoms with Crippen molar-refractivity contribution in [1.82, 2.24) is 15.0 Å². The fourth-order valence-corrected chi connectivity index (χ4v) is 2.87. The number of aromatic nitrogens is 3. The largest absolute Gasteiger partial charge is 0.487 e. The summed E-state index contributed by atoms with van der Waals surface area (Å²) in [7, 11) is 0. The van der Waals surface area contributed by atoms with Crippen molar-refractivity contribution in [2.24, 2.45) is 0 Å². The number of hydrogen-bond acceptors (Lipinski definition) is 4. The van der Waals surface area contributed by atoms with Gasteiger partial charge in [-0.15, -0.1) is 0 Å². The van der Waals surface area contributed by atoms with E-state index < -0.39 is 19.0 Å². The van der Waals surface area contributed by atoms with Gasteiger partial charge in [0.2, 0.25) is 0 Å². The zero-order chi connectivity index (χ0) is 18.9. The number of ether oxygens (including phenoxy) is 1. The van der Waals surface area contributed by atoms with Gasteiger partial charge in [0.15, 0.2) is 11.8 Å². The molecule has 0 saturated heterocycles. The van der Waals surface area contributed by atoms with Crippen LogP contribution in [0.4, 0.5) is 17.6 Å². The summed E-state index contributed by atoms with van der Waals surface area (Å²) < 4.78 is 55.9. The second kappa shape index (κ2) is 7.14. The molecule has 9 heteroatoms. The molecule has 4 nitrogen and oxygen atoms in total. The van der Waals surface area contributed by atoms with Crippen LogP contribution in [-0.2, 0) is 0 Å². The molecule has 2 heterocycles. The van der Waals surface area contributed by atoms with Crippen molar-refractivity contribution in [3.05, 3.63) is 36.0 Å². The first-order valence-electron chi connectivity index (χ1n) is 7.61. The fraction of sp³-hybridized carbons (Fsp3) is 0.294. The molecule has 0 atom stereocenters. The molecule has 0 unspecified atom stereocenters. The second-order valence-electron chi connectivity index (χ2n) is 5.58. The number of halogens is 4. The van der Waals surface area contributed by atoms with Crippen LogP contribution in [0.25, 0.3) is 22.3 Å². The zero-order valence-electron chi connectivity index (χ0n) is 13.9. The smallest absolute Gasteiger partial charge is 0.340 e. The zero-order valence-corrected chi connectivity index (χ0v) is 14.7. The number of imidazole rings is 1. The normalized spacial score (nSPS) is 12.1. The van der Waals surface area contributed by atoms with Crippen molar-refractivity contribution in [3.63, 3.8) is 0 Å². The number of H-pyrrole nitrogens is 1. The van der Waals surface area contributed by atoms with Crippen LogP contribution >= 0.6 is 11.8 Å². The molecule has 0 aliphatic rings. The van der Waals surface area contributed by atoms with Gasteiger partial charge in [-0.3, -0.25) is 4.98 Å². The molecule has 0 bridgehead atoms. The van der Waals surface area contributed by atoms with Crippen molar-refractivity contribution >= 4 is 22.8 Å². The molecular formula is C17H15F4N3OS. The number of hydrogen-bond donors (Lipinski definition) is 1. The van der Waals surface area contributed by atoms with Gasteiger partial charge >= 0.3 is 12.3 Å². The van der Waals surface area contributed by atoms with Crippen LogP contribution < -0.4 is 4.74 Å². The van der Waals surface area contributed by atoms with E-state index in [-0.39, 0.29) is 5.75 Å². The maximum Gasteiger partial charge on any atom is 0.340 e. The number of thioether (sulfide) groups is 1. The Morgan fingerprint density at radius 1 is 1.27 bits per heavy atom. The van der Waals surface area contributed by atoms with Crippen molar-refractivity contribution in [3.8, 4) is 17.0 Å². The third-order valence-corrected chi connectivity index (χ3v) is 4.41. The first-order valence-corrected chi connectivity index (χ1v) is 8.83. The summed E-state index contributed by atoms with van der Waals surface area (Å²) in [6.45, 7) is 0.233. The number of nitrogens with one attached hydrogen (secondary N) is 1. The Bertz CT molecular complexity index is 930. The van der Waals surface area contributed by atoms with Crippen molar-refractivity contribution in [2.75, 3.05) is 12.9 Å². The molecule has 3 aromatic rings. The lowest BCUT2D eigenvalue weighted by atomic mass is 10.0. The fourth-order valence-electron chi connectivity index (χ4n) is 2.48. The number of para-hydroxylation sites is 1. The van der Waals surface area contributed by atoms with E-state index >= 15 is 0 Å². The van der Waals surface area contributed by atoms with Crippen LogP contribution in [0.3, 0.4) is 0 Å². The van der Waals surface area contributed by atoms with Gasteiger partial charge in [0, 0.05) is 17.3 Å². The molecule has 3 rings (SSSR count). The molecule has 0 fully saturated rings. The van der Waals surface area contributed by atoms with Crippen LogP contribution in [0.1, 0.15) is 5.56 Å². The Balaban J connectivity index is 1.99. The minimum absolute atomic E-state index is 0.0768. The highest BCUT2D eigenvalue weighted by Gasteiger charge is 2.41. The van der Waals surface area contributed by atoms with E-state index in [0.29, 0.717) is 22.3 Å². The number of benzene rings is 1. The van der Waals surface area contributed by atoms with E-state index in [0.717, 1.165) is 10.7 Å². The summed E-state index contributed by atoms with van der Waals surface area (Å²) >= 11 is 1.45. The number of pyridine rings is 1. The maximum absolute atomic E-state index is 13.1. The molecule has 0 spiro atoms. The van der Waals surface area contributed by atoms with Gasteiger partial charge in [0.05, 0.1) is 16.7 Å². The van der Waals surface area contributed by atoms with E-state index in [4.69, 9.17) is 4.74 Å². The Morgan fingerprint density at radius 2 is 2.04 bits per heavy atom. The van der Waals surface area contributed by atoms with Crippen LogP contribution in [-0.4, -0.2) is 40.2 Å². The highest BCUT2D eigenvalue weighted by Crippen LogP contribution is 2.34. The Morgan fingerprint density at radius 3 is 2.73 bits per heavy atom. The van der Waals surface area contributed by atoms with Crippen LogP contribution in [0.2, 0.25) is 0 Å². The van der Waals surface area contributed by atoms with E-state index in [9.17, 15) is 17.6 Å². The van der Waals surface area contributed by atoms with Crippen LogP contribution in [0, 0.1) is 6.92 Å². The molecular weight excluding hydrogens is 370 g/mol. The lowest BCUT2D eigenvalue weighted by Gasteiger charge is -2.18. The number of alkyl halides is 4. The average molecular weight is 385 g/mol. The number of rotatable bonds is 6. The second-order valence-corrected chi connectivity index (χ2v) is 6.38. The summed E-state index contributed by atoms with van der Waals surface area (Å²) in [5.41, 5.74) is 3.15. The predicted octanol–water partition coefficient (Wildman–Crippen LogP) is 4.93. The van der Waals surface area contributed by atoms with Gasteiger partial charge in [-0.05, 0) is 25.3 Å². The van der Waals surface area contributed by atoms with E-state index in [1.165, 1.54) is 24.0 Å². The third-order valence-electron chi connectivity index (χ3n) is 3.83. The van der Waals surface area contributed by atoms with Crippen LogP contribution in [0.15, 0.2) is 35.6 Å². The summed E-state index contributed by atoms with van der Waals surface area (Å²) in [5, 5.41) is 0.731. The molecule has 138 valence electrons. The van der Waals surface area contributed by atoms with Gasteiger partial charge in [-0.2, -0.15) is 8.78 Å². The Kier molecular flexibility index (Phi) is 5.08. The van der Waals surface area contributed by atoms with Gasteiger partial charge < -0.3 is 9.72 Å². The first-order chi connectivity index (χ1) is 12.3. The van der Waals surface area contributed by atoms with Crippen molar-refractivity contribution in [2.45, 2.75) is 24.4 Å². The molecule has 0 amide bonds. The molecule has 0 saturated carbocycles. The standard InChI is InChI=1S/C17H15F4N3OS/c1-9-12(25-8-17(20,21)15(18)19)6-7-22-13(9)10-4-3-5-11-14(10)24-16(23-11)26-2/h3-7,15H,8H2,1-2H3,(H,23,24). The van der Waals surface area contributed by atoms with Gasteiger partial charge in [-0.1, -0.05) is 23.9 Å². The van der Waals surface area contributed by atoms with Crippen LogP contribution in [0.5, 0.6) is 5.75 Å². The lowest BCUT2D eigenvalue weighted by molar-refractivity contribution is -0.148. The van der Waals surface area contributed by atoms with Gasteiger partial charge in [0.1, 0.15) is 5.75 Å². The van der Waals surface area contributed by atoms with E-state index in [2.05, 4.69) is 15.0 Å². The molecule has 1 aromatic carbocycles. The molecule has 0 aliphatic heterocycles. The molecule has 2 aromatic heterocycles.